The number of carbonyl (C=O) groups excluding carboxylic acids is 1. The summed E-state index contributed by atoms with van der Waals surface area (Å²) in [6.07, 6.45) is 3.11. The van der Waals surface area contributed by atoms with Gasteiger partial charge in [-0.2, -0.15) is 5.10 Å². The van der Waals surface area contributed by atoms with E-state index in [1.54, 1.807) is 0 Å². The highest BCUT2D eigenvalue weighted by Gasteiger charge is 2.25. The fraction of sp³-hybridized carbons (Fsp3) is 0.733. The number of carbonyl (C=O) groups is 1. The van der Waals surface area contributed by atoms with Crippen LogP contribution in [0.25, 0.3) is 0 Å². The zero-order valence-corrected chi connectivity index (χ0v) is 13.2. The Balaban J connectivity index is 1.96. The molecule has 1 saturated heterocycles. The van der Waals surface area contributed by atoms with Crippen molar-refractivity contribution in [2.75, 3.05) is 13.1 Å². The van der Waals surface area contributed by atoms with Crippen LogP contribution >= 0.6 is 0 Å². The van der Waals surface area contributed by atoms with Crippen molar-refractivity contribution in [1.82, 2.24) is 20.0 Å². The maximum atomic E-state index is 11.2. The minimum Gasteiger partial charge on any atom is -0.391 e. The predicted octanol–water partition coefficient (Wildman–Crippen LogP) is 0.673. The standard InChI is InChI=1S/C15H26N4O2/c1-4-19-10-13(11(2)17-19)9-18-7-5-14(16-12(3)20)15(21)6-8-18/h10,14-15,21H,4-9H2,1-3H3,(H,16,20)/t14-,15-/m0/s1. The molecule has 21 heavy (non-hydrogen) atoms. The third-order valence-electron chi connectivity index (χ3n) is 4.12. The average molecular weight is 294 g/mol. The molecule has 0 radical (unpaired) electrons. The zero-order chi connectivity index (χ0) is 15.4. The molecule has 1 aliphatic heterocycles. The number of hydrogen-bond donors (Lipinski definition) is 2. The van der Waals surface area contributed by atoms with Gasteiger partial charge >= 0.3 is 0 Å². The first kappa shape index (κ1) is 16.0. The summed E-state index contributed by atoms with van der Waals surface area (Å²) in [5.74, 6) is -0.0763. The van der Waals surface area contributed by atoms with Crippen molar-refractivity contribution in [1.29, 1.82) is 0 Å². The number of aromatic nitrogens is 2. The number of nitrogens with zero attached hydrogens (tertiary/aromatic N) is 3. The molecule has 0 spiro atoms. The van der Waals surface area contributed by atoms with Gasteiger partial charge in [-0.25, -0.2) is 0 Å². The summed E-state index contributed by atoms with van der Waals surface area (Å²) >= 11 is 0. The van der Waals surface area contributed by atoms with Crippen molar-refractivity contribution in [3.05, 3.63) is 17.5 Å². The molecular formula is C15H26N4O2. The van der Waals surface area contributed by atoms with Crippen LogP contribution in [0, 0.1) is 6.92 Å². The SMILES string of the molecule is CCn1cc(CN2CC[C@H](NC(C)=O)[C@@H](O)CC2)c(C)n1. The van der Waals surface area contributed by atoms with E-state index in [4.69, 9.17) is 0 Å². The molecule has 6 heteroatoms. The summed E-state index contributed by atoms with van der Waals surface area (Å²) in [6.45, 7) is 9.06. The lowest BCUT2D eigenvalue weighted by Crippen LogP contribution is -2.42. The van der Waals surface area contributed by atoms with Crippen LogP contribution in [-0.2, 0) is 17.9 Å². The van der Waals surface area contributed by atoms with E-state index in [0.717, 1.165) is 38.3 Å². The number of nitrogens with one attached hydrogen (secondary N) is 1. The highest BCUT2D eigenvalue weighted by molar-refractivity contribution is 5.73. The lowest BCUT2D eigenvalue weighted by atomic mass is 10.1. The molecule has 1 aromatic heterocycles. The first-order chi connectivity index (χ1) is 9.99. The van der Waals surface area contributed by atoms with Crippen LogP contribution in [0.2, 0.25) is 0 Å². The van der Waals surface area contributed by atoms with Gasteiger partial charge < -0.3 is 10.4 Å². The summed E-state index contributed by atoms with van der Waals surface area (Å²) in [5, 5.41) is 17.4. The maximum absolute atomic E-state index is 11.2. The van der Waals surface area contributed by atoms with Crippen molar-refractivity contribution < 1.29 is 9.90 Å². The van der Waals surface area contributed by atoms with Gasteiger partial charge in [0.15, 0.2) is 0 Å². The molecule has 118 valence electrons. The molecule has 0 aromatic carbocycles. The molecule has 1 aromatic rings. The quantitative estimate of drug-likeness (QED) is 0.856. The Kier molecular flexibility index (Phi) is 5.36. The van der Waals surface area contributed by atoms with E-state index < -0.39 is 6.10 Å². The van der Waals surface area contributed by atoms with Gasteiger partial charge in [0.1, 0.15) is 0 Å². The van der Waals surface area contributed by atoms with E-state index in [2.05, 4.69) is 28.4 Å². The van der Waals surface area contributed by atoms with Gasteiger partial charge in [-0.1, -0.05) is 0 Å². The van der Waals surface area contributed by atoms with E-state index >= 15 is 0 Å². The summed E-state index contributed by atoms with van der Waals surface area (Å²) in [4.78, 5) is 13.5. The van der Waals surface area contributed by atoms with Crippen LogP contribution in [-0.4, -0.2) is 50.9 Å². The summed E-state index contributed by atoms with van der Waals surface area (Å²) < 4.78 is 1.96. The van der Waals surface area contributed by atoms with Gasteiger partial charge in [-0.3, -0.25) is 14.4 Å². The molecule has 0 unspecified atom stereocenters. The second-order valence-corrected chi connectivity index (χ2v) is 5.82. The number of aliphatic hydroxyl groups excluding tert-OH is 1. The number of likely N-dealkylation sites (tertiary alicyclic amines) is 1. The second-order valence-electron chi connectivity index (χ2n) is 5.82. The molecule has 6 nitrogen and oxygen atoms in total. The van der Waals surface area contributed by atoms with E-state index in [1.165, 1.54) is 12.5 Å². The molecule has 1 amide bonds. The number of amides is 1. The Morgan fingerprint density at radius 1 is 1.48 bits per heavy atom. The Morgan fingerprint density at radius 3 is 2.81 bits per heavy atom. The van der Waals surface area contributed by atoms with Gasteiger partial charge in [0.05, 0.1) is 17.8 Å². The minimum atomic E-state index is -0.460. The summed E-state index contributed by atoms with van der Waals surface area (Å²) in [6, 6.07) is -0.132. The van der Waals surface area contributed by atoms with Gasteiger partial charge in [0, 0.05) is 44.9 Å². The maximum Gasteiger partial charge on any atom is 0.217 e. The molecule has 1 fully saturated rings. The van der Waals surface area contributed by atoms with Crippen molar-refractivity contribution in [3.8, 4) is 0 Å². The normalized spacial score (nSPS) is 23.8. The van der Waals surface area contributed by atoms with Crippen molar-refractivity contribution >= 4 is 5.91 Å². The van der Waals surface area contributed by atoms with Gasteiger partial charge in [0.25, 0.3) is 0 Å². The van der Waals surface area contributed by atoms with Crippen molar-refractivity contribution in [3.63, 3.8) is 0 Å². The Morgan fingerprint density at radius 2 is 2.19 bits per heavy atom. The first-order valence-corrected chi connectivity index (χ1v) is 7.70. The number of hydrogen-bond acceptors (Lipinski definition) is 4. The predicted molar refractivity (Wildman–Crippen MR) is 80.8 cm³/mol. The topological polar surface area (TPSA) is 70.4 Å². The monoisotopic (exact) mass is 294 g/mol. The van der Waals surface area contributed by atoms with Crippen molar-refractivity contribution in [2.45, 2.75) is 58.8 Å². The van der Waals surface area contributed by atoms with Gasteiger partial charge in [0.2, 0.25) is 5.91 Å². The van der Waals surface area contributed by atoms with E-state index in [9.17, 15) is 9.90 Å². The molecular weight excluding hydrogens is 268 g/mol. The Hall–Kier alpha value is -1.40. The lowest BCUT2D eigenvalue weighted by Gasteiger charge is -2.20. The average Bonchev–Trinajstić information content (AvgIpc) is 2.70. The second kappa shape index (κ2) is 7.04. The van der Waals surface area contributed by atoms with E-state index in [1.807, 2.05) is 11.6 Å². The zero-order valence-electron chi connectivity index (χ0n) is 13.2. The summed E-state index contributed by atoms with van der Waals surface area (Å²) in [7, 11) is 0. The van der Waals surface area contributed by atoms with Gasteiger partial charge in [-0.05, 0) is 26.7 Å². The van der Waals surface area contributed by atoms with Crippen LogP contribution in [0.15, 0.2) is 6.20 Å². The third-order valence-corrected chi connectivity index (χ3v) is 4.12. The van der Waals surface area contributed by atoms with E-state index in [-0.39, 0.29) is 11.9 Å². The molecule has 0 saturated carbocycles. The molecule has 2 rings (SSSR count). The number of aliphatic hydroxyl groups is 1. The smallest absolute Gasteiger partial charge is 0.217 e. The Labute approximate surface area is 126 Å². The van der Waals surface area contributed by atoms with Crippen LogP contribution in [0.3, 0.4) is 0 Å². The molecule has 2 atom stereocenters. The summed E-state index contributed by atoms with van der Waals surface area (Å²) in [5.41, 5.74) is 2.31. The fourth-order valence-corrected chi connectivity index (χ4v) is 2.85. The third kappa shape index (κ3) is 4.28. The molecule has 0 bridgehead atoms. The van der Waals surface area contributed by atoms with E-state index in [0.29, 0.717) is 6.42 Å². The highest BCUT2D eigenvalue weighted by atomic mass is 16.3. The van der Waals surface area contributed by atoms with Crippen LogP contribution in [0.5, 0.6) is 0 Å². The molecule has 2 N–H and O–H groups in total. The highest BCUT2D eigenvalue weighted by Crippen LogP contribution is 2.16. The van der Waals surface area contributed by atoms with Crippen LogP contribution in [0.1, 0.15) is 37.9 Å². The minimum absolute atomic E-state index is 0.0763. The molecule has 0 aliphatic carbocycles. The molecule has 2 heterocycles. The lowest BCUT2D eigenvalue weighted by molar-refractivity contribution is -0.120. The van der Waals surface area contributed by atoms with Gasteiger partial charge in [-0.15, -0.1) is 0 Å². The largest absolute Gasteiger partial charge is 0.391 e. The van der Waals surface area contributed by atoms with Crippen LogP contribution in [0.4, 0.5) is 0 Å². The first-order valence-electron chi connectivity index (χ1n) is 7.70. The number of rotatable bonds is 4. The van der Waals surface area contributed by atoms with Crippen LogP contribution < -0.4 is 5.32 Å². The fourth-order valence-electron chi connectivity index (χ4n) is 2.85. The Bertz CT molecular complexity index is 486. The number of aryl methyl sites for hydroxylation is 2. The molecule has 1 aliphatic rings. The van der Waals surface area contributed by atoms with Crippen molar-refractivity contribution in [2.24, 2.45) is 0 Å².